The molecule has 1 aromatic heterocycles. The van der Waals surface area contributed by atoms with Crippen molar-refractivity contribution in [3.05, 3.63) is 17.1 Å². The molecule has 0 bridgehead atoms. The monoisotopic (exact) mass is 227 g/mol. The van der Waals surface area contributed by atoms with Crippen LogP contribution in [0.25, 0.3) is 0 Å². The predicted molar refractivity (Wildman–Crippen MR) is 57.9 cm³/mol. The van der Waals surface area contributed by atoms with E-state index in [2.05, 4.69) is 15.3 Å². The molecular weight excluding hydrogens is 212 g/mol. The summed E-state index contributed by atoms with van der Waals surface area (Å²) in [6.45, 7) is 1.45. The van der Waals surface area contributed by atoms with Crippen LogP contribution in [0, 0.1) is 6.92 Å². The van der Waals surface area contributed by atoms with E-state index in [4.69, 9.17) is 0 Å². The maximum Gasteiger partial charge on any atom is 0.255 e. The second-order valence-electron chi connectivity index (χ2n) is 4.02. The van der Waals surface area contributed by atoms with E-state index in [0.29, 0.717) is 11.6 Å². The number of nitrogens with one attached hydrogen (secondary N) is 1. The van der Waals surface area contributed by atoms with E-state index in [0.717, 1.165) is 36.9 Å². The van der Waals surface area contributed by atoms with Gasteiger partial charge in [0.2, 0.25) is 0 Å². The molecule has 1 aliphatic carbocycles. The number of fused-ring (bicyclic) bond motifs is 1. The van der Waals surface area contributed by atoms with Gasteiger partial charge in [0.1, 0.15) is 11.6 Å². The SMILES string of the molecule is Cc1nc2c(c(NCC(F)F)n1)CCCC2. The lowest BCUT2D eigenvalue weighted by Gasteiger charge is -2.19. The van der Waals surface area contributed by atoms with Gasteiger partial charge in [0.25, 0.3) is 6.43 Å². The Morgan fingerprint density at radius 3 is 2.75 bits per heavy atom. The van der Waals surface area contributed by atoms with Gasteiger partial charge in [-0.3, -0.25) is 0 Å². The van der Waals surface area contributed by atoms with Crippen molar-refractivity contribution in [1.82, 2.24) is 9.97 Å². The number of alkyl halides is 2. The molecule has 0 aromatic carbocycles. The van der Waals surface area contributed by atoms with E-state index >= 15 is 0 Å². The Morgan fingerprint density at radius 2 is 2.00 bits per heavy atom. The van der Waals surface area contributed by atoms with Crippen LogP contribution >= 0.6 is 0 Å². The van der Waals surface area contributed by atoms with Crippen LogP contribution in [0.5, 0.6) is 0 Å². The van der Waals surface area contributed by atoms with Gasteiger partial charge in [-0.05, 0) is 32.6 Å². The third-order valence-electron chi connectivity index (χ3n) is 2.72. The fourth-order valence-electron chi connectivity index (χ4n) is 2.04. The Kier molecular flexibility index (Phi) is 3.31. The smallest absolute Gasteiger partial charge is 0.255 e. The van der Waals surface area contributed by atoms with Crippen LogP contribution in [0.3, 0.4) is 0 Å². The zero-order valence-corrected chi connectivity index (χ0v) is 9.26. The van der Waals surface area contributed by atoms with Crippen LogP contribution in [0.4, 0.5) is 14.6 Å². The first-order valence-corrected chi connectivity index (χ1v) is 5.55. The fourth-order valence-corrected chi connectivity index (χ4v) is 2.04. The minimum atomic E-state index is -2.35. The van der Waals surface area contributed by atoms with Crippen LogP contribution in [0.15, 0.2) is 0 Å². The second kappa shape index (κ2) is 4.72. The molecule has 0 unspecified atom stereocenters. The molecule has 1 aliphatic rings. The number of anilines is 1. The quantitative estimate of drug-likeness (QED) is 0.861. The van der Waals surface area contributed by atoms with E-state index in [-0.39, 0.29) is 6.54 Å². The summed E-state index contributed by atoms with van der Waals surface area (Å²) in [6, 6.07) is 0. The number of nitrogens with zero attached hydrogens (tertiary/aromatic N) is 2. The van der Waals surface area contributed by atoms with Crippen molar-refractivity contribution < 1.29 is 8.78 Å². The van der Waals surface area contributed by atoms with Crippen molar-refractivity contribution in [3.8, 4) is 0 Å². The molecule has 0 radical (unpaired) electrons. The second-order valence-corrected chi connectivity index (χ2v) is 4.02. The first kappa shape index (κ1) is 11.2. The number of rotatable bonds is 3. The molecule has 0 amide bonds. The Labute approximate surface area is 93.3 Å². The van der Waals surface area contributed by atoms with Gasteiger partial charge in [-0.25, -0.2) is 18.7 Å². The first-order valence-electron chi connectivity index (χ1n) is 5.55. The highest BCUT2D eigenvalue weighted by atomic mass is 19.3. The van der Waals surface area contributed by atoms with Crippen molar-refractivity contribution in [2.24, 2.45) is 0 Å². The number of aromatic nitrogens is 2. The Balaban J connectivity index is 2.25. The molecule has 16 heavy (non-hydrogen) atoms. The molecule has 0 saturated heterocycles. The standard InChI is InChI=1S/C11H15F2N3/c1-7-15-9-5-3-2-4-8(9)11(16-7)14-6-10(12)13/h10H,2-6H2,1H3,(H,14,15,16). The molecule has 3 nitrogen and oxygen atoms in total. The van der Waals surface area contributed by atoms with E-state index < -0.39 is 6.43 Å². The Bertz CT molecular complexity index is 380. The summed E-state index contributed by atoms with van der Waals surface area (Å²) in [6.07, 6.45) is 1.68. The summed E-state index contributed by atoms with van der Waals surface area (Å²) >= 11 is 0. The maximum atomic E-state index is 12.1. The van der Waals surface area contributed by atoms with E-state index in [9.17, 15) is 8.78 Å². The lowest BCUT2D eigenvalue weighted by molar-refractivity contribution is 0.163. The molecular formula is C11H15F2N3. The first-order chi connectivity index (χ1) is 7.66. The average molecular weight is 227 g/mol. The molecule has 1 heterocycles. The van der Waals surface area contributed by atoms with E-state index in [1.807, 2.05) is 0 Å². The minimum Gasteiger partial charge on any atom is -0.364 e. The predicted octanol–water partition coefficient (Wildman–Crippen LogP) is 2.34. The lowest BCUT2D eigenvalue weighted by Crippen LogP contribution is -2.17. The molecule has 5 heteroatoms. The van der Waals surface area contributed by atoms with Crippen molar-refractivity contribution in [1.29, 1.82) is 0 Å². The van der Waals surface area contributed by atoms with Crippen molar-refractivity contribution in [3.63, 3.8) is 0 Å². The number of halogens is 2. The topological polar surface area (TPSA) is 37.8 Å². The summed E-state index contributed by atoms with van der Waals surface area (Å²) in [5, 5.41) is 2.71. The largest absolute Gasteiger partial charge is 0.364 e. The Morgan fingerprint density at radius 1 is 1.25 bits per heavy atom. The summed E-state index contributed by atoms with van der Waals surface area (Å²) in [7, 11) is 0. The highest BCUT2D eigenvalue weighted by molar-refractivity contribution is 5.47. The molecule has 88 valence electrons. The normalized spacial score (nSPS) is 15.0. The van der Waals surface area contributed by atoms with Gasteiger partial charge in [-0.1, -0.05) is 0 Å². The third kappa shape index (κ3) is 2.46. The van der Waals surface area contributed by atoms with Crippen LogP contribution in [0.2, 0.25) is 0 Å². The summed E-state index contributed by atoms with van der Waals surface area (Å²) in [4.78, 5) is 8.57. The van der Waals surface area contributed by atoms with Gasteiger partial charge >= 0.3 is 0 Å². The summed E-state index contributed by atoms with van der Waals surface area (Å²) in [5.74, 6) is 1.25. The highest BCUT2D eigenvalue weighted by Crippen LogP contribution is 2.25. The van der Waals surface area contributed by atoms with Gasteiger partial charge < -0.3 is 5.32 Å². The molecule has 0 atom stereocenters. The molecule has 0 aliphatic heterocycles. The summed E-state index contributed by atoms with van der Waals surface area (Å²) in [5.41, 5.74) is 2.05. The van der Waals surface area contributed by atoms with Gasteiger partial charge in [-0.2, -0.15) is 0 Å². The van der Waals surface area contributed by atoms with Gasteiger partial charge in [0, 0.05) is 11.3 Å². The van der Waals surface area contributed by atoms with Crippen LogP contribution in [0.1, 0.15) is 29.9 Å². The van der Waals surface area contributed by atoms with Crippen molar-refractivity contribution >= 4 is 5.82 Å². The lowest BCUT2D eigenvalue weighted by atomic mass is 9.96. The van der Waals surface area contributed by atoms with Crippen LogP contribution < -0.4 is 5.32 Å². The van der Waals surface area contributed by atoms with Gasteiger partial charge in [0.15, 0.2) is 0 Å². The number of hydrogen-bond donors (Lipinski definition) is 1. The van der Waals surface area contributed by atoms with Crippen LogP contribution in [-0.2, 0) is 12.8 Å². The molecule has 0 saturated carbocycles. The van der Waals surface area contributed by atoms with E-state index in [1.165, 1.54) is 0 Å². The van der Waals surface area contributed by atoms with Crippen LogP contribution in [-0.4, -0.2) is 22.9 Å². The molecule has 1 N–H and O–H groups in total. The van der Waals surface area contributed by atoms with Gasteiger partial charge in [-0.15, -0.1) is 0 Å². The highest BCUT2D eigenvalue weighted by Gasteiger charge is 2.17. The third-order valence-corrected chi connectivity index (χ3v) is 2.72. The van der Waals surface area contributed by atoms with Gasteiger partial charge in [0.05, 0.1) is 6.54 Å². The summed E-state index contributed by atoms with van der Waals surface area (Å²) < 4.78 is 24.3. The zero-order valence-electron chi connectivity index (χ0n) is 9.26. The average Bonchev–Trinajstić information content (AvgIpc) is 2.25. The number of aryl methyl sites for hydroxylation is 2. The minimum absolute atomic E-state index is 0.344. The number of hydrogen-bond acceptors (Lipinski definition) is 3. The molecule has 0 spiro atoms. The molecule has 2 rings (SSSR count). The van der Waals surface area contributed by atoms with Crippen molar-refractivity contribution in [2.45, 2.75) is 39.0 Å². The Hall–Kier alpha value is -1.26. The molecule has 1 aromatic rings. The molecule has 0 fully saturated rings. The van der Waals surface area contributed by atoms with Crippen molar-refractivity contribution in [2.75, 3.05) is 11.9 Å². The van der Waals surface area contributed by atoms with E-state index in [1.54, 1.807) is 6.92 Å². The zero-order chi connectivity index (χ0) is 11.5. The maximum absolute atomic E-state index is 12.1. The fraction of sp³-hybridized carbons (Fsp3) is 0.636.